The van der Waals surface area contributed by atoms with E-state index in [1.165, 1.54) is 11.8 Å². The molecule has 1 aromatic heterocycles. The van der Waals surface area contributed by atoms with Crippen molar-refractivity contribution >= 4 is 39.3 Å². The maximum absolute atomic E-state index is 12.5. The van der Waals surface area contributed by atoms with Gasteiger partial charge in [0.2, 0.25) is 5.91 Å². The van der Waals surface area contributed by atoms with Crippen LogP contribution in [0.1, 0.15) is 18.1 Å². The first-order valence-corrected chi connectivity index (χ1v) is 10.4. The van der Waals surface area contributed by atoms with E-state index in [1.807, 2.05) is 61.0 Å². The molecule has 0 aliphatic heterocycles. The Balaban J connectivity index is 1.68. The molecule has 0 spiro atoms. The second kappa shape index (κ2) is 8.71. The molecule has 3 aromatic rings. The third-order valence-electron chi connectivity index (χ3n) is 4.23. The Hall–Kier alpha value is -2.12. The zero-order valence-corrected chi connectivity index (χ0v) is 17.9. The van der Waals surface area contributed by atoms with Crippen LogP contribution in [0.2, 0.25) is 0 Å². The highest BCUT2D eigenvalue weighted by molar-refractivity contribution is 9.10. The first-order chi connectivity index (χ1) is 13.0. The quantitative estimate of drug-likeness (QED) is 0.552. The van der Waals surface area contributed by atoms with Gasteiger partial charge in [-0.3, -0.25) is 4.79 Å². The molecule has 1 N–H and O–H groups in total. The van der Waals surface area contributed by atoms with Crippen molar-refractivity contribution in [1.82, 2.24) is 14.8 Å². The molecule has 140 valence electrons. The summed E-state index contributed by atoms with van der Waals surface area (Å²) in [5.41, 5.74) is 4.06. The lowest BCUT2D eigenvalue weighted by atomic mass is 10.1. The molecule has 0 saturated carbocycles. The van der Waals surface area contributed by atoms with Gasteiger partial charge < -0.3 is 9.88 Å². The van der Waals surface area contributed by atoms with E-state index >= 15 is 0 Å². The molecule has 0 bridgehead atoms. The lowest BCUT2D eigenvalue weighted by Gasteiger charge is -2.13. The second-order valence-corrected chi connectivity index (χ2v) is 8.04. The fourth-order valence-electron chi connectivity index (χ4n) is 2.86. The molecule has 27 heavy (non-hydrogen) atoms. The molecule has 0 aliphatic carbocycles. The Bertz CT molecular complexity index is 956. The SMILES string of the molecule is CCc1cc(Br)cc(C)c1NC(=O)CSc1nnc(-c2ccccc2)n1C. The van der Waals surface area contributed by atoms with Crippen LogP contribution >= 0.6 is 27.7 Å². The van der Waals surface area contributed by atoms with Crippen molar-refractivity contribution in [2.75, 3.05) is 11.1 Å². The number of hydrogen-bond acceptors (Lipinski definition) is 4. The van der Waals surface area contributed by atoms with Crippen LogP contribution in [0.4, 0.5) is 5.69 Å². The molecule has 0 unspecified atom stereocenters. The summed E-state index contributed by atoms with van der Waals surface area (Å²) >= 11 is 4.89. The van der Waals surface area contributed by atoms with Crippen molar-refractivity contribution in [2.24, 2.45) is 7.05 Å². The van der Waals surface area contributed by atoms with Gasteiger partial charge >= 0.3 is 0 Å². The number of halogens is 1. The highest BCUT2D eigenvalue weighted by Crippen LogP contribution is 2.27. The van der Waals surface area contributed by atoms with Crippen molar-refractivity contribution in [3.05, 3.63) is 58.1 Å². The Morgan fingerprint density at radius 3 is 2.67 bits per heavy atom. The number of rotatable bonds is 6. The largest absolute Gasteiger partial charge is 0.325 e. The van der Waals surface area contributed by atoms with E-state index in [4.69, 9.17) is 0 Å². The zero-order chi connectivity index (χ0) is 19.4. The van der Waals surface area contributed by atoms with Crippen LogP contribution in [-0.4, -0.2) is 26.4 Å². The molecule has 0 fully saturated rings. The van der Waals surface area contributed by atoms with Crippen LogP contribution in [0.3, 0.4) is 0 Å². The summed E-state index contributed by atoms with van der Waals surface area (Å²) in [7, 11) is 1.91. The van der Waals surface area contributed by atoms with Gasteiger partial charge in [0, 0.05) is 22.8 Å². The average molecular weight is 445 g/mol. The predicted octanol–water partition coefficient (Wildman–Crippen LogP) is 4.85. The molecule has 0 saturated heterocycles. The van der Waals surface area contributed by atoms with E-state index in [9.17, 15) is 4.79 Å². The molecule has 0 atom stereocenters. The van der Waals surface area contributed by atoms with Gasteiger partial charge in [0.1, 0.15) is 0 Å². The predicted molar refractivity (Wildman–Crippen MR) is 114 cm³/mol. The number of benzene rings is 2. The molecule has 1 amide bonds. The van der Waals surface area contributed by atoms with Crippen LogP contribution in [0.25, 0.3) is 11.4 Å². The maximum Gasteiger partial charge on any atom is 0.234 e. The number of hydrogen-bond donors (Lipinski definition) is 1. The van der Waals surface area contributed by atoms with Crippen molar-refractivity contribution in [2.45, 2.75) is 25.4 Å². The number of carbonyl (C=O) groups is 1. The summed E-state index contributed by atoms with van der Waals surface area (Å²) < 4.78 is 2.94. The lowest BCUT2D eigenvalue weighted by molar-refractivity contribution is -0.113. The molecule has 3 rings (SSSR count). The topological polar surface area (TPSA) is 59.8 Å². The average Bonchev–Trinajstić information content (AvgIpc) is 3.03. The third kappa shape index (κ3) is 4.59. The Kier molecular flexibility index (Phi) is 6.34. The first-order valence-electron chi connectivity index (χ1n) is 8.66. The van der Waals surface area contributed by atoms with Gasteiger partial charge in [-0.25, -0.2) is 0 Å². The number of thioether (sulfide) groups is 1. The highest BCUT2D eigenvalue weighted by Gasteiger charge is 2.14. The van der Waals surface area contributed by atoms with Crippen molar-refractivity contribution in [3.63, 3.8) is 0 Å². The lowest BCUT2D eigenvalue weighted by Crippen LogP contribution is -2.16. The molecule has 2 aromatic carbocycles. The molecule has 5 nitrogen and oxygen atoms in total. The fourth-order valence-corrected chi connectivity index (χ4v) is 4.19. The summed E-state index contributed by atoms with van der Waals surface area (Å²) in [6.45, 7) is 4.08. The summed E-state index contributed by atoms with van der Waals surface area (Å²) in [5, 5.41) is 12.2. The van der Waals surface area contributed by atoms with E-state index in [0.717, 1.165) is 39.1 Å². The molecule has 7 heteroatoms. The summed E-state index contributed by atoms with van der Waals surface area (Å²) in [5.74, 6) is 1.01. The van der Waals surface area contributed by atoms with Crippen LogP contribution in [0.5, 0.6) is 0 Å². The Morgan fingerprint density at radius 2 is 1.96 bits per heavy atom. The smallest absolute Gasteiger partial charge is 0.234 e. The molecular weight excluding hydrogens is 424 g/mol. The molecular formula is C20H21BrN4OS. The number of carbonyl (C=O) groups excluding carboxylic acids is 1. The number of nitrogens with one attached hydrogen (secondary N) is 1. The number of amides is 1. The minimum atomic E-state index is -0.0515. The van der Waals surface area contributed by atoms with Gasteiger partial charge in [-0.1, -0.05) is 64.9 Å². The minimum absolute atomic E-state index is 0.0515. The highest BCUT2D eigenvalue weighted by atomic mass is 79.9. The Labute approximate surface area is 171 Å². The van der Waals surface area contributed by atoms with Crippen molar-refractivity contribution < 1.29 is 4.79 Å². The van der Waals surface area contributed by atoms with Gasteiger partial charge in [-0.15, -0.1) is 10.2 Å². The van der Waals surface area contributed by atoms with E-state index in [2.05, 4.69) is 38.4 Å². The standard InChI is InChI=1S/C20H21BrN4OS/c1-4-14-11-16(21)10-13(2)18(14)22-17(26)12-27-20-24-23-19(25(20)3)15-8-6-5-7-9-15/h5-11H,4,12H2,1-3H3,(H,22,26). The van der Waals surface area contributed by atoms with Gasteiger partial charge in [0.25, 0.3) is 0 Å². The van der Waals surface area contributed by atoms with Gasteiger partial charge in [-0.05, 0) is 36.6 Å². The molecule has 0 radical (unpaired) electrons. The van der Waals surface area contributed by atoms with Crippen LogP contribution < -0.4 is 5.32 Å². The molecule has 0 aliphatic rings. The Morgan fingerprint density at radius 1 is 1.22 bits per heavy atom. The van der Waals surface area contributed by atoms with Crippen LogP contribution in [0, 0.1) is 6.92 Å². The number of nitrogens with zero attached hydrogens (tertiary/aromatic N) is 3. The van der Waals surface area contributed by atoms with E-state index in [-0.39, 0.29) is 11.7 Å². The first kappa shape index (κ1) is 19.6. The van der Waals surface area contributed by atoms with Gasteiger partial charge in [0.15, 0.2) is 11.0 Å². The van der Waals surface area contributed by atoms with Gasteiger partial charge in [-0.2, -0.15) is 0 Å². The van der Waals surface area contributed by atoms with E-state index < -0.39 is 0 Å². The normalized spacial score (nSPS) is 10.8. The summed E-state index contributed by atoms with van der Waals surface area (Å²) in [6, 6.07) is 13.9. The van der Waals surface area contributed by atoms with Crippen molar-refractivity contribution in [3.8, 4) is 11.4 Å². The zero-order valence-electron chi connectivity index (χ0n) is 15.5. The maximum atomic E-state index is 12.5. The second-order valence-electron chi connectivity index (χ2n) is 6.18. The monoisotopic (exact) mass is 444 g/mol. The van der Waals surface area contributed by atoms with E-state index in [1.54, 1.807) is 0 Å². The number of aryl methyl sites for hydroxylation is 2. The number of aromatic nitrogens is 3. The minimum Gasteiger partial charge on any atom is -0.325 e. The van der Waals surface area contributed by atoms with Crippen molar-refractivity contribution in [1.29, 1.82) is 0 Å². The molecule has 1 heterocycles. The fraction of sp³-hybridized carbons (Fsp3) is 0.250. The van der Waals surface area contributed by atoms with Crippen LogP contribution in [-0.2, 0) is 18.3 Å². The number of anilines is 1. The van der Waals surface area contributed by atoms with Gasteiger partial charge in [0.05, 0.1) is 5.75 Å². The van der Waals surface area contributed by atoms with Crippen LogP contribution in [0.15, 0.2) is 52.1 Å². The summed E-state index contributed by atoms with van der Waals surface area (Å²) in [4.78, 5) is 12.5. The summed E-state index contributed by atoms with van der Waals surface area (Å²) in [6.07, 6.45) is 0.854. The van der Waals surface area contributed by atoms with E-state index in [0.29, 0.717) is 5.16 Å². The third-order valence-corrected chi connectivity index (χ3v) is 5.70.